The van der Waals surface area contributed by atoms with Crippen LogP contribution in [0.2, 0.25) is 0 Å². The van der Waals surface area contributed by atoms with Crippen molar-refractivity contribution in [1.82, 2.24) is 0 Å². The molecule has 0 aliphatic rings. The zero-order valence-electron chi connectivity index (χ0n) is 11.6. The SMILES string of the molecule is CC/C=C/S(=O)(=O)OC/C=C/COS(=O)(=O)/C=C/CC. The predicted octanol–water partition coefficient (Wildman–Crippen LogP) is 2.08. The molecule has 0 bridgehead atoms. The molecule has 6 nitrogen and oxygen atoms in total. The first kappa shape index (κ1) is 19.0. The van der Waals surface area contributed by atoms with Crippen LogP contribution >= 0.6 is 0 Å². The maximum atomic E-state index is 11.2. The molecule has 0 aliphatic carbocycles. The van der Waals surface area contributed by atoms with Gasteiger partial charge in [-0.3, -0.25) is 8.37 Å². The van der Waals surface area contributed by atoms with E-state index in [0.717, 1.165) is 10.8 Å². The zero-order chi connectivity index (χ0) is 15.5. The second-order valence-electron chi connectivity index (χ2n) is 3.59. The lowest BCUT2D eigenvalue weighted by Gasteiger charge is -1.98. The van der Waals surface area contributed by atoms with Crippen LogP contribution in [0.15, 0.2) is 35.1 Å². The van der Waals surface area contributed by atoms with E-state index in [4.69, 9.17) is 0 Å². The maximum absolute atomic E-state index is 11.2. The summed E-state index contributed by atoms with van der Waals surface area (Å²) in [4.78, 5) is 0. The summed E-state index contributed by atoms with van der Waals surface area (Å²) >= 11 is 0. The molecule has 0 atom stereocenters. The van der Waals surface area contributed by atoms with Gasteiger partial charge in [0.25, 0.3) is 20.2 Å². The first-order chi connectivity index (χ1) is 9.33. The average molecular weight is 324 g/mol. The fraction of sp³-hybridized carbons (Fsp3) is 0.500. The Labute approximate surface area is 121 Å². The van der Waals surface area contributed by atoms with Gasteiger partial charge >= 0.3 is 0 Å². The van der Waals surface area contributed by atoms with Crippen molar-refractivity contribution in [2.45, 2.75) is 26.7 Å². The molecule has 8 heteroatoms. The molecule has 0 saturated heterocycles. The van der Waals surface area contributed by atoms with Crippen LogP contribution < -0.4 is 0 Å². The lowest BCUT2D eigenvalue weighted by atomic mass is 10.5. The Bertz CT molecular complexity index is 490. The monoisotopic (exact) mass is 324 g/mol. The third kappa shape index (κ3) is 10.9. The molecule has 0 spiro atoms. The van der Waals surface area contributed by atoms with Gasteiger partial charge in [-0.1, -0.05) is 38.2 Å². The molecule has 0 aromatic heterocycles. The number of rotatable bonds is 10. The molecular formula is C12H20O6S2. The highest BCUT2D eigenvalue weighted by atomic mass is 32.2. The van der Waals surface area contributed by atoms with E-state index in [0.29, 0.717) is 12.8 Å². The fourth-order valence-corrected chi connectivity index (χ4v) is 2.46. The topological polar surface area (TPSA) is 86.7 Å². The van der Waals surface area contributed by atoms with Crippen LogP contribution in [0.25, 0.3) is 0 Å². The van der Waals surface area contributed by atoms with Gasteiger partial charge in [-0.2, -0.15) is 16.8 Å². The van der Waals surface area contributed by atoms with E-state index in [9.17, 15) is 16.8 Å². The molecule has 0 aromatic carbocycles. The molecule has 0 heterocycles. The Hall–Kier alpha value is -0.960. The second kappa shape index (κ2) is 9.87. The number of hydrogen-bond acceptors (Lipinski definition) is 6. The summed E-state index contributed by atoms with van der Waals surface area (Å²) in [5.41, 5.74) is 0. The van der Waals surface area contributed by atoms with E-state index in [-0.39, 0.29) is 13.2 Å². The van der Waals surface area contributed by atoms with Crippen LogP contribution in [0.5, 0.6) is 0 Å². The lowest BCUT2D eigenvalue weighted by molar-refractivity contribution is 0.352. The van der Waals surface area contributed by atoms with Crippen LogP contribution in [-0.4, -0.2) is 30.0 Å². The molecule has 0 N–H and O–H groups in total. The van der Waals surface area contributed by atoms with Crippen LogP contribution in [0, 0.1) is 0 Å². The normalized spacial score (nSPS) is 13.9. The van der Waals surface area contributed by atoms with Gasteiger partial charge in [0.05, 0.1) is 24.0 Å². The van der Waals surface area contributed by atoms with Crippen molar-refractivity contribution in [3.05, 3.63) is 35.1 Å². The third-order valence-electron chi connectivity index (χ3n) is 1.82. The first-order valence-electron chi connectivity index (χ1n) is 6.10. The van der Waals surface area contributed by atoms with E-state index < -0.39 is 20.2 Å². The van der Waals surface area contributed by atoms with Gasteiger partial charge < -0.3 is 0 Å². The van der Waals surface area contributed by atoms with Crippen LogP contribution in [0.3, 0.4) is 0 Å². The highest BCUT2D eigenvalue weighted by Crippen LogP contribution is 1.99. The van der Waals surface area contributed by atoms with Gasteiger partial charge in [-0.05, 0) is 12.8 Å². The van der Waals surface area contributed by atoms with Crippen molar-refractivity contribution >= 4 is 20.2 Å². The van der Waals surface area contributed by atoms with Crippen LogP contribution in [0.4, 0.5) is 0 Å². The minimum atomic E-state index is -3.67. The molecule has 0 amide bonds. The van der Waals surface area contributed by atoms with Gasteiger partial charge in [-0.25, -0.2) is 0 Å². The van der Waals surface area contributed by atoms with E-state index in [1.165, 1.54) is 24.3 Å². The average Bonchev–Trinajstić information content (AvgIpc) is 2.38. The Balaban J connectivity index is 4.06. The molecule has 0 radical (unpaired) electrons. The Morgan fingerprint density at radius 1 is 0.700 bits per heavy atom. The number of hydrogen-bond donors (Lipinski definition) is 0. The van der Waals surface area contributed by atoms with Crippen molar-refractivity contribution in [3.8, 4) is 0 Å². The maximum Gasteiger partial charge on any atom is 0.290 e. The lowest BCUT2D eigenvalue weighted by Crippen LogP contribution is -2.03. The van der Waals surface area contributed by atoms with Gasteiger partial charge in [0, 0.05) is 0 Å². The number of allylic oxidation sites excluding steroid dienone is 2. The van der Waals surface area contributed by atoms with Crippen LogP contribution in [0.1, 0.15) is 26.7 Å². The smallest absolute Gasteiger partial charge is 0.263 e. The van der Waals surface area contributed by atoms with Gasteiger partial charge in [0.2, 0.25) is 0 Å². The largest absolute Gasteiger partial charge is 0.290 e. The molecule has 116 valence electrons. The van der Waals surface area contributed by atoms with E-state index in [2.05, 4.69) is 8.37 Å². The summed E-state index contributed by atoms with van der Waals surface area (Å²) < 4.78 is 54.1. The minimum absolute atomic E-state index is 0.176. The Morgan fingerprint density at radius 3 is 1.35 bits per heavy atom. The summed E-state index contributed by atoms with van der Waals surface area (Å²) in [7, 11) is -7.35. The predicted molar refractivity (Wildman–Crippen MR) is 77.7 cm³/mol. The minimum Gasteiger partial charge on any atom is -0.263 e. The summed E-state index contributed by atoms with van der Waals surface area (Å²) in [5, 5.41) is 1.97. The Morgan fingerprint density at radius 2 is 1.05 bits per heavy atom. The summed E-state index contributed by atoms with van der Waals surface area (Å²) in [5.74, 6) is 0. The van der Waals surface area contributed by atoms with E-state index >= 15 is 0 Å². The van der Waals surface area contributed by atoms with Gasteiger partial charge in [0.1, 0.15) is 0 Å². The fourth-order valence-electron chi connectivity index (χ4n) is 0.911. The Kier molecular flexibility index (Phi) is 9.39. The van der Waals surface area contributed by atoms with Crippen molar-refractivity contribution in [2.24, 2.45) is 0 Å². The van der Waals surface area contributed by atoms with Gasteiger partial charge in [0.15, 0.2) is 0 Å². The zero-order valence-corrected chi connectivity index (χ0v) is 13.2. The summed E-state index contributed by atoms with van der Waals surface area (Å²) in [6, 6.07) is 0. The molecule has 0 fully saturated rings. The highest BCUT2D eigenvalue weighted by Gasteiger charge is 2.04. The van der Waals surface area contributed by atoms with Crippen molar-refractivity contribution in [2.75, 3.05) is 13.2 Å². The van der Waals surface area contributed by atoms with Crippen molar-refractivity contribution in [3.63, 3.8) is 0 Å². The molecule has 0 aliphatic heterocycles. The van der Waals surface area contributed by atoms with E-state index in [1.54, 1.807) is 13.8 Å². The molecule has 0 saturated carbocycles. The standard InChI is InChI=1S/C12H20O6S2/c1-3-5-11-19(13,14)17-9-7-8-10-18-20(15,16)12-6-4-2/h5-8,11-12H,3-4,9-10H2,1-2H3/b8-7+,11-5+,12-6+. The summed E-state index contributed by atoms with van der Waals surface area (Å²) in [6.45, 7) is 3.25. The molecule has 0 aromatic rings. The highest BCUT2D eigenvalue weighted by molar-refractivity contribution is 7.89. The van der Waals surface area contributed by atoms with Gasteiger partial charge in [-0.15, -0.1) is 0 Å². The first-order valence-corrected chi connectivity index (χ1v) is 9.04. The van der Waals surface area contributed by atoms with E-state index in [1.807, 2.05) is 0 Å². The van der Waals surface area contributed by atoms with Crippen LogP contribution in [-0.2, 0) is 28.6 Å². The van der Waals surface area contributed by atoms with Crippen molar-refractivity contribution in [1.29, 1.82) is 0 Å². The molecule has 20 heavy (non-hydrogen) atoms. The van der Waals surface area contributed by atoms with Crippen molar-refractivity contribution < 1.29 is 25.2 Å². The quantitative estimate of drug-likeness (QED) is 0.452. The third-order valence-corrected chi connectivity index (χ3v) is 3.80. The molecular weight excluding hydrogens is 304 g/mol. The molecule has 0 unspecified atom stereocenters. The molecule has 0 rings (SSSR count). The second-order valence-corrected chi connectivity index (χ2v) is 6.57. The summed E-state index contributed by atoms with van der Waals surface area (Å²) in [6.07, 6.45) is 6.86.